The van der Waals surface area contributed by atoms with Crippen LogP contribution in [0.5, 0.6) is 0 Å². The van der Waals surface area contributed by atoms with Gasteiger partial charge >= 0.3 is 12.2 Å². The summed E-state index contributed by atoms with van der Waals surface area (Å²) < 4.78 is 10.1. The van der Waals surface area contributed by atoms with Gasteiger partial charge in [-0.1, -0.05) is 36.4 Å². The third kappa shape index (κ3) is 5.90. The van der Waals surface area contributed by atoms with Crippen LogP contribution >= 0.6 is 0 Å². The number of piperazine rings is 2. The summed E-state index contributed by atoms with van der Waals surface area (Å²) in [7, 11) is 0. The summed E-state index contributed by atoms with van der Waals surface area (Å²) in [6.45, 7) is 7.36. The molecule has 2 heterocycles. The Hall–Kier alpha value is -4.08. The van der Waals surface area contributed by atoms with Gasteiger partial charge in [0, 0.05) is 63.5 Å². The predicted molar refractivity (Wildman–Crippen MR) is 141 cm³/mol. The molecule has 202 valence electrons. The zero-order valence-electron chi connectivity index (χ0n) is 21.9. The Labute approximate surface area is 222 Å². The van der Waals surface area contributed by atoms with Crippen molar-refractivity contribution >= 4 is 24.0 Å². The van der Waals surface area contributed by atoms with Crippen molar-refractivity contribution in [1.82, 2.24) is 19.6 Å². The number of rotatable bonds is 5. The van der Waals surface area contributed by atoms with Crippen LogP contribution in [-0.4, -0.2) is 109 Å². The summed E-state index contributed by atoms with van der Waals surface area (Å²) in [5, 5.41) is 0. The Morgan fingerprint density at radius 3 is 1.21 bits per heavy atom. The average molecular weight is 523 g/mol. The molecule has 0 radical (unpaired) electrons. The minimum atomic E-state index is -0.365. The lowest BCUT2D eigenvalue weighted by molar-refractivity contribution is 0.0568. The van der Waals surface area contributed by atoms with E-state index in [-0.39, 0.29) is 24.0 Å². The minimum absolute atomic E-state index is 0.144. The zero-order valence-corrected chi connectivity index (χ0v) is 21.9. The Morgan fingerprint density at radius 2 is 0.868 bits per heavy atom. The second-order valence-corrected chi connectivity index (χ2v) is 9.05. The normalized spacial score (nSPS) is 15.7. The van der Waals surface area contributed by atoms with Crippen molar-refractivity contribution < 1.29 is 28.7 Å². The summed E-state index contributed by atoms with van der Waals surface area (Å²) >= 11 is 0. The van der Waals surface area contributed by atoms with E-state index in [0.717, 1.165) is 0 Å². The molecule has 2 aliphatic rings. The van der Waals surface area contributed by atoms with Crippen LogP contribution in [0, 0.1) is 0 Å². The lowest BCUT2D eigenvalue weighted by atomic mass is 9.94. The van der Waals surface area contributed by atoms with Crippen LogP contribution in [-0.2, 0) is 9.47 Å². The van der Waals surface area contributed by atoms with Crippen LogP contribution in [0.2, 0.25) is 0 Å². The van der Waals surface area contributed by atoms with Gasteiger partial charge in [-0.05, 0) is 37.1 Å². The molecule has 2 aliphatic heterocycles. The van der Waals surface area contributed by atoms with Gasteiger partial charge in [0.2, 0.25) is 0 Å². The molecule has 38 heavy (non-hydrogen) atoms. The maximum Gasteiger partial charge on any atom is 0.409 e. The minimum Gasteiger partial charge on any atom is -0.450 e. The van der Waals surface area contributed by atoms with Gasteiger partial charge in [-0.3, -0.25) is 9.59 Å². The number of carbonyl (C=O) groups is 4. The number of ether oxygens (including phenoxy) is 2. The van der Waals surface area contributed by atoms with Crippen LogP contribution < -0.4 is 0 Å². The fourth-order valence-electron chi connectivity index (χ4n) is 4.76. The van der Waals surface area contributed by atoms with E-state index in [0.29, 0.717) is 87.8 Å². The quantitative estimate of drug-likeness (QED) is 0.598. The van der Waals surface area contributed by atoms with Crippen molar-refractivity contribution in [2.24, 2.45) is 0 Å². The van der Waals surface area contributed by atoms with Gasteiger partial charge < -0.3 is 29.1 Å². The molecule has 0 atom stereocenters. The van der Waals surface area contributed by atoms with Gasteiger partial charge in [-0.25, -0.2) is 9.59 Å². The molecule has 0 aromatic heterocycles. The Morgan fingerprint density at radius 1 is 0.553 bits per heavy atom. The van der Waals surface area contributed by atoms with Crippen LogP contribution in [0.4, 0.5) is 9.59 Å². The lowest BCUT2D eigenvalue weighted by Crippen LogP contribution is -2.51. The summed E-state index contributed by atoms with van der Waals surface area (Å²) in [6, 6.07) is 14.6. The van der Waals surface area contributed by atoms with E-state index in [4.69, 9.17) is 9.47 Å². The standard InChI is InChI=1S/C28H34N4O6/c1-3-37-27(35)31-17-13-29(14-18-31)25(33)23-11-7-5-9-21(23)22-10-6-8-12-24(22)26(34)30-15-19-32(20-16-30)28(36)38-4-2/h5-12H,3-4,13-20H2,1-2H3. The topological polar surface area (TPSA) is 99.7 Å². The molecule has 10 nitrogen and oxygen atoms in total. The van der Waals surface area contributed by atoms with E-state index in [1.165, 1.54) is 0 Å². The molecule has 4 rings (SSSR count). The molecule has 0 unspecified atom stereocenters. The van der Waals surface area contributed by atoms with Crippen molar-refractivity contribution in [2.75, 3.05) is 65.6 Å². The predicted octanol–water partition coefficient (Wildman–Crippen LogP) is 3.18. The molecular weight excluding hydrogens is 488 g/mol. The van der Waals surface area contributed by atoms with Gasteiger partial charge in [-0.15, -0.1) is 0 Å². The molecule has 0 saturated carbocycles. The first-order valence-corrected chi connectivity index (χ1v) is 13.0. The molecule has 4 amide bonds. The van der Waals surface area contributed by atoms with Gasteiger partial charge in [0.1, 0.15) is 0 Å². The van der Waals surface area contributed by atoms with Crippen LogP contribution in [0.3, 0.4) is 0 Å². The highest BCUT2D eigenvalue weighted by Gasteiger charge is 2.29. The second-order valence-electron chi connectivity index (χ2n) is 9.05. The first-order chi connectivity index (χ1) is 18.4. The molecule has 0 N–H and O–H groups in total. The number of hydrogen-bond acceptors (Lipinski definition) is 6. The highest BCUT2D eigenvalue weighted by Crippen LogP contribution is 2.29. The molecule has 0 bridgehead atoms. The Kier molecular flexibility index (Phi) is 8.83. The van der Waals surface area contributed by atoms with Crippen molar-refractivity contribution in [1.29, 1.82) is 0 Å². The first kappa shape index (κ1) is 27.0. The summed E-state index contributed by atoms with van der Waals surface area (Å²) in [5.41, 5.74) is 2.37. The van der Waals surface area contributed by atoms with Gasteiger partial charge in [-0.2, -0.15) is 0 Å². The highest BCUT2D eigenvalue weighted by molar-refractivity contribution is 6.06. The summed E-state index contributed by atoms with van der Waals surface area (Å²) in [4.78, 5) is 57.9. The SMILES string of the molecule is CCOC(=O)N1CCN(C(=O)c2ccccc2-c2ccccc2C(=O)N2CCN(C(=O)OCC)CC2)CC1. The maximum absolute atomic E-state index is 13.6. The number of hydrogen-bond donors (Lipinski definition) is 0. The first-order valence-electron chi connectivity index (χ1n) is 13.0. The summed E-state index contributed by atoms with van der Waals surface area (Å²) in [5.74, 6) is -0.288. The van der Waals surface area contributed by atoms with Gasteiger partial charge in [0.25, 0.3) is 11.8 Å². The zero-order chi connectivity index (χ0) is 27.1. The summed E-state index contributed by atoms with van der Waals surface area (Å²) in [6.07, 6.45) is -0.731. The van der Waals surface area contributed by atoms with E-state index in [1.54, 1.807) is 45.6 Å². The molecule has 0 spiro atoms. The third-order valence-corrected chi connectivity index (χ3v) is 6.79. The lowest BCUT2D eigenvalue weighted by Gasteiger charge is -2.35. The largest absolute Gasteiger partial charge is 0.450 e. The number of nitrogens with zero attached hydrogens (tertiary/aromatic N) is 4. The third-order valence-electron chi connectivity index (χ3n) is 6.79. The van der Waals surface area contributed by atoms with Crippen molar-refractivity contribution in [2.45, 2.75) is 13.8 Å². The second kappa shape index (κ2) is 12.4. The maximum atomic E-state index is 13.6. The fourth-order valence-corrected chi connectivity index (χ4v) is 4.76. The molecule has 2 saturated heterocycles. The van der Waals surface area contributed by atoms with Gasteiger partial charge in [0.15, 0.2) is 0 Å². The van der Waals surface area contributed by atoms with Crippen molar-refractivity contribution in [3.8, 4) is 11.1 Å². The van der Waals surface area contributed by atoms with Gasteiger partial charge in [0.05, 0.1) is 13.2 Å². The molecule has 2 aromatic rings. The van der Waals surface area contributed by atoms with Crippen LogP contribution in [0.15, 0.2) is 48.5 Å². The van der Waals surface area contributed by atoms with E-state index < -0.39 is 0 Å². The van der Waals surface area contributed by atoms with Crippen LogP contribution in [0.1, 0.15) is 34.6 Å². The molecule has 2 fully saturated rings. The molecule has 0 aliphatic carbocycles. The number of benzene rings is 2. The average Bonchev–Trinajstić information content (AvgIpc) is 2.97. The van der Waals surface area contributed by atoms with Crippen molar-refractivity contribution in [3.63, 3.8) is 0 Å². The molecule has 2 aromatic carbocycles. The molecule has 10 heteroatoms. The van der Waals surface area contributed by atoms with Crippen LogP contribution in [0.25, 0.3) is 11.1 Å². The Bertz CT molecular complexity index is 1080. The Balaban J connectivity index is 1.51. The fraction of sp³-hybridized carbons (Fsp3) is 0.429. The highest BCUT2D eigenvalue weighted by atomic mass is 16.6. The van der Waals surface area contributed by atoms with E-state index >= 15 is 0 Å². The van der Waals surface area contributed by atoms with E-state index in [9.17, 15) is 19.2 Å². The smallest absolute Gasteiger partial charge is 0.409 e. The number of carbonyl (C=O) groups excluding carboxylic acids is 4. The monoisotopic (exact) mass is 522 g/mol. The molecular formula is C28H34N4O6. The van der Waals surface area contributed by atoms with Crippen molar-refractivity contribution in [3.05, 3.63) is 59.7 Å². The van der Waals surface area contributed by atoms with E-state index in [2.05, 4.69) is 0 Å². The number of amides is 4. The van der Waals surface area contributed by atoms with E-state index in [1.807, 2.05) is 36.4 Å².